The van der Waals surface area contributed by atoms with Crippen molar-refractivity contribution in [3.63, 3.8) is 0 Å². The van der Waals surface area contributed by atoms with Crippen LogP contribution in [0, 0.1) is 0 Å². The first kappa shape index (κ1) is 17.4. The van der Waals surface area contributed by atoms with E-state index in [9.17, 15) is 4.79 Å². The lowest BCUT2D eigenvalue weighted by Gasteiger charge is -2.37. The summed E-state index contributed by atoms with van der Waals surface area (Å²) in [5.74, 6) is 0.911. The number of anilines is 1. The van der Waals surface area contributed by atoms with Crippen LogP contribution in [-0.2, 0) is 9.53 Å². The van der Waals surface area contributed by atoms with Gasteiger partial charge in [0, 0.05) is 39.3 Å². The summed E-state index contributed by atoms with van der Waals surface area (Å²) in [6.07, 6.45) is 5.24. The predicted molar refractivity (Wildman–Crippen MR) is 92.3 cm³/mol. The molecule has 0 atom stereocenters. The van der Waals surface area contributed by atoms with Crippen molar-refractivity contribution in [1.82, 2.24) is 19.8 Å². The van der Waals surface area contributed by atoms with Gasteiger partial charge >= 0.3 is 0 Å². The third kappa shape index (κ3) is 4.34. The van der Waals surface area contributed by atoms with Gasteiger partial charge in [0.15, 0.2) is 0 Å². The fourth-order valence-corrected chi connectivity index (χ4v) is 3.32. The first-order valence-corrected chi connectivity index (χ1v) is 8.79. The molecule has 2 saturated heterocycles. The van der Waals surface area contributed by atoms with Crippen molar-refractivity contribution < 1.29 is 9.53 Å². The second-order valence-corrected chi connectivity index (χ2v) is 6.75. The molecule has 1 aromatic rings. The molecule has 2 aliphatic heterocycles. The first-order chi connectivity index (χ1) is 11.6. The molecule has 0 aromatic carbocycles. The van der Waals surface area contributed by atoms with Crippen LogP contribution in [0.3, 0.4) is 0 Å². The molecule has 132 valence electrons. The lowest BCUT2D eigenvalue weighted by atomic mass is 10.0. The second kappa shape index (κ2) is 8.09. The van der Waals surface area contributed by atoms with Crippen molar-refractivity contribution in [2.75, 3.05) is 57.9 Å². The topological polar surface area (TPSA) is 61.8 Å². The molecule has 0 aliphatic carbocycles. The van der Waals surface area contributed by atoms with Crippen molar-refractivity contribution in [3.05, 3.63) is 17.4 Å². The van der Waals surface area contributed by atoms with E-state index in [1.807, 2.05) is 11.9 Å². The van der Waals surface area contributed by atoms with Crippen LogP contribution in [0.2, 0.25) is 5.02 Å². The molecule has 3 heterocycles. The monoisotopic (exact) mass is 353 g/mol. The van der Waals surface area contributed by atoms with Gasteiger partial charge in [0.2, 0.25) is 11.9 Å². The molecule has 0 saturated carbocycles. The maximum absolute atomic E-state index is 12.3. The number of halogens is 1. The molecule has 0 unspecified atom stereocenters. The van der Waals surface area contributed by atoms with Gasteiger partial charge in [0.05, 0.1) is 37.2 Å². The van der Waals surface area contributed by atoms with Crippen molar-refractivity contribution in [1.29, 1.82) is 0 Å². The molecule has 24 heavy (non-hydrogen) atoms. The van der Waals surface area contributed by atoms with E-state index in [0.29, 0.717) is 49.9 Å². The van der Waals surface area contributed by atoms with E-state index >= 15 is 0 Å². The van der Waals surface area contributed by atoms with E-state index in [-0.39, 0.29) is 5.91 Å². The van der Waals surface area contributed by atoms with Crippen LogP contribution in [-0.4, -0.2) is 84.7 Å². The van der Waals surface area contributed by atoms with Gasteiger partial charge in [0.25, 0.3) is 0 Å². The Morgan fingerprint density at radius 3 is 2.50 bits per heavy atom. The zero-order chi connectivity index (χ0) is 16.9. The number of rotatable bonds is 4. The standard InChI is InChI=1S/C16H24ClN5O2/c1-20(16-18-10-13(17)11-19-16)14-2-4-21(5-3-14)12-15(23)22-6-8-24-9-7-22/h10-11,14H,2-9,12H2,1H3. The lowest BCUT2D eigenvalue weighted by Crippen LogP contribution is -2.49. The number of hydrogen-bond acceptors (Lipinski definition) is 6. The van der Waals surface area contributed by atoms with E-state index in [1.54, 1.807) is 12.4 Å². The fourth-order valence-electron chi connectivity index (χ4n) is 3.22. The zero-order valence-corrected chi connectivity index (χ0v) is 14.8. The number of carbonyl (C=O) groups excluding carboxylic acids is 1. The third-order valence-electron chi connectivity index (χ3n) is 4.75. The highest BCUT2D eigenvalue weighted by molar-refractivity contribution is 6.30. The van der Waals surface area contributed by atoms with Gasteiger partial charge in [-0.25, -0.2) is 9.97 Å². The van der Waals surface area contributed by atoms with Crippen LogP contribution in [0.4, 0.5) is 5.95 Å². The minimum Gasteiger partial charge on any atom is -0.378 e. The van der Waals surface area contributed by atoms with Gasteiger partial charge in [0.1, 0.15) is 0 Å². The predicted octanol–water partition coefficient (Wildman–Crippen LogP) is 0.889. The highest BCUT2D eigenvalue weighted by Gasteiger charge is 2.26. The SMILES string of the molecule is CN(c1ncc(Cl)cn1)C1CCN(CC(=O)N2CCOCC2)CC1. The lowest BCUT2D eigenvalue weighted by molar-refractivity contribution is -0.136. The van der Waals surface area contributed by atoms with Gasteiger partial charge in [-0.2, -0.15) is 0 Å². The summed E-state index contributed by atoms with van der Waals surface area (Å²) in [7, 11) is 2.02. The van der Waals surface area contributed by atoms with E-state index in [2.05, 4.69) is 19.8 Å². The number of morpholine rings is 1. The Bertz CT molecular complexity index is 542. The van der Waals surface area contributed by atoms with Gasteiger partial charge in [-0.3, -0.25) is 9.69 Å². The van der Waals surface area contributed by atoms with Gasteiger partial charge < -0.3 is 14.5 Å². The fraction of sp³-hybridized carbons (Fsp3) is 0.688. The summed E-state index contributed by atoms with van der Waals surface area (Å²) in [5, 5.41) is 0.545. The number of hydrogen-bond donors (Lipinski definition) is 0. The molecule has 0 spiro atoms. The molecule has 7 nitrogen and oxygen atoms in total. The smallest absolute Gasteiger partial charge is 0.236 e. The summed E-state index contributed by atoms with van der Waals surface area (Å²) >= 11 is 5.84. The Morgan fingerprint density at radius 1 is 1.25 bits per heavy atom. The number of likely N-dealkylation sites (tertiary alicyclic amines) is 1. The maximum Gasteiger partial charge on any atom is 0.236 e. The molecule has 0 N–H and O–H groups in total. The summed E-state index contributed by atoms with van der Waals surface area (Å²) < 4.78 is 5.30. The summed E-state index contributed by atoms with van der Waals surface area (Å²) in [6, 6.07) is 0.390. The molecule has 0 bridgehead atoms. The second-order valence-electron chi connectivity index (χ2n) is 6.31. The summed E-state index contributed by atoms with van der Waals surface area (Å²) in [5.41, 5.74) is 0. The van der Waals surface area contributed by atoms with E-state index in [0.717, 1.165) is 25.9 Å². The highest BCUT2D eigenvalue weighted by Crippen LogP contribution is 2.19. The summed E-state index contributed by atoms with van der Waals surface area (Å²) in [6.45, 7) is 5.07. The molecule has 1 aromatic heterocycles. The summed E-state index contributed by atoms with van der Waals surface area (Å²) in [4.78, 5) is 27.1. The zero-order valence-electron chi connectivity index (χ0n) is 14.0. The van der Waals surface area contributed by atoms with Crippen molar-refractivity contribution >= 4 is 23.5 Å². The molecule has 1 amide bonds. The minimum atomic E-state index is 0.214. The quantitative estimate of drug-likeness (QED) is 0.801. The van der Waals surface area contributed by atoms with Crippen LogP contribution < -0.4 is 4.90 Å². The highest BCUT2D eigenvalue weighted by atomic mass is 35.5. The van der Waals surface area contributed by atoms with Gasteiger partial charge in [-0.1, -0.05) is 11.6 Å². The largest absolute Gasteiger partial charge is 0.378 e. The first-order valence-electron chi connectivity index (χ1n) is 8.42. The van der Waals surface area contributed by atoms with Crippen LogP contribution in [0.5, 0.6) is 0 Å². The van der Waals surface area contributed by atoms with Crippen LogP contribution in [0.15, 0.2) is 12.4 Å². The number of piperidine rings is 1. The average molecular weight is 354 g/mol. The normalized spacial score (nSPS) is 20.2. The molecule has 2 aliphatic rings. The van der Waals surface area contributed by atoms with E-state index < -0.39 is 0 Å². The molecular weight excluding hydrogens is 330 g/mol. The van der Waals surface area contributed by atoms with Crippen LogP contribution in [0.25, 0.3) is 0 Å². The van der Waals surface area contributed by atoms with E-state index in [4.69, 9.17) is 16.3 Å². The Hall–Kier alpha value is -1.44. The maximum atomic E-state index is 12.3. The number of carbonyl (C=O) groups is 1. The number of aromatic nitrogens is 2. The number of ether oxygens (including phenoxy) is 1. The third-order valence-corrected chi connectivity index (χ3v) is 4.94. The van der Waals surface area contributed by atoms with E-state index in [1.165, 1.54) is 0 Å². The Labute approximate surface area is 147 Å². The number of nitrogens with zero attached hydrogens (tertiary/aromatic N) is 5. The van der Waals surface area contributed by atoms with Crippen molar-refractivity contribution in [2.45, 2.75) is 18.9 Å². The Balaban J connectivity index is 1.46. The molecule has 0 radical (unpaired) electrons. The Morgan fingerprint density at radius 2 is 1.88 bits per heavy atom. The van der Waals surface area contributed by atoms with Crippen molar-refractivity contribution in [3.8, 4) is 0 Å². The van der Waals surface area contributed by atoms with Gasteiger partial charge in [-0.05, 0) is 12.8 Å². The van der Waals surface area contributed by atoms with Gasteiger partial charge in [-0.15, -0.1) is 0 Å². The van der Waals surface area contributed by atoms with Crippen LogP contribution >= 0.6 is 11.6 Å². The Kier molecular flexibility index (Phi) is 5.86. The molecular formula is C16H24ClN5O2. The molecule has 8 heteroatoms. The average Bonchev–Trinajstić information content (AvgIpc) is 2.63. The molecule has 2 fully saturated rings. The number of amides is 1. The minimum absolute atomic E-state index is 0.214. The van der Waals surface area contributed by atoms with Crippen molar-refractivity contribution in [2.24, 2.45) is 0 Å². The molecule has 3 rings (SSSR count). The van der Waals surface area contributed by atoms with Crippen LogP contribution in [0.1, 0.15) is 12.8 Å².